The number of carbonyl (C=O) groups is 1. The van der Waals surface area contributed by atoms with Crippen LogP contribution < -0.4 is 0 Å². The molecule has 0 fully saturated rings. The van der Waals surface area contributed by atoms with Gasteiger partial charge >= 0.3 is 5.97 Å². The van der Waals surface area contributed by atoms with Crippen molar-refractivity contribution in [2.24, 2.45) is 0 Å². The number of thiazole rings is 1. The molecule has 1 aromatic heterocycles. The quantitative estimate of drug-likeness (QED) is 0.560. The molecule has 12 heavy (non-hydrogen) atoms. The lowest BCUT2D eigenvalue weighted by atomic mass is 10.4. The normalized spacial score (nSPS) is 12.5. The Bertz CT molecular complexity index is 250. The third-order valence-corrected chi connectivity index (χ3v) is 2.58. The summed E-state index contributed by atoms with van der Waals surface area (Å²) in [6.45, 7) is 2.09. The summed E-state index contributed by atoms with van der Waals surface area (Å²) in [6, 6.07) is 0. The fourth-order valence-electron chi connectivity index (χ4n) is 0.682. The summed E-state index contributed by atoms with van der Waals surface area (Å²) in [7, 11) is 0. The number of carbonyl (C=O) groups excluding carboxylic acids is 1. The number of rotatable bonds is 3. The molecule has 1 rings (SSSR count). The van der Waals surface area contributed by atoms with Gasteiger partial charge in [0, 0.05) is 6.20 Å². The van der Waals surface area contributed by atoms with E-state index in [1.54, 1.807) is 18.6 Å². The van der Waals surface area contributed by atoms with Crippen LogP contribution in [0, 0.1) is 0 Å². The van der Waals surface area contributed by atoms with Crippen molar-refractivity contribution in [3.05, 3.63) is 16.6 Å². The zero-order chi connectivity index (χ0) is 8.97. The van der Waals surface area contributed by atoms with E-state index in [-0.39, 0.29) is 0 Å². The number of alkyl halides is 1. The Balaban J connectivity index is 2.59. The molecule has 0 aromatic carbocycles. The van der Waals surface area contributed by atoms with Crippen LogP contribution >= 0.6 is 22.9 Å². The fourth-order valence-corrected chi connectivity index (χ4v) is 1.54. The first-order valence-electron chi connectivity index (χ1n) is 3.44. The highest BCUT2D eigenvalue weighted by atomic mass is 35.5. The van der Waals surface area contributed by atoms with Gasteiger partial charge in [0.1, 0.15) is 0 Å². The van der Waals surface area contributed by atoms with Crippen LogP contribution in [0.15, 0.2) is 11.7 Å². The lowest BCUT2D eigenvalue weighted by molar-refractivity contribution is -0.142. The van der Waals surface area contributed by atoms with E-state index >= 15 is 0 Å². The van der Waals surface area contributed by atoms with E-state index in [0.717, 1.165) is 4.88 Å². The van der Waals surface area contributed by atoms with Gasteiger partial charge in [-0.3, -0.25) is 9.78 Å². The van der Waals surface area contributed by atoms with Crippen molar-refractivity contribution in [1.82, 2.24) is 4.98 Å². The third-order valence-electron chi connectivity index (χ3n) is 1.19. The number of halogens is 1. The summed E-state index contributed by atoms with van der Waals surface area (Å²) in [4.78, 5) is 15.6. The maximum absolute atomic E-state index is 11.1. The molecule has 0 saturated heterocycles. The number of ether oxygens (including phenoxy) is 1. The molecule has 0 radical (unpaired) electrons. The first kappa shape index (κ1) is 9.48. The second-order valence-electron chi connectivity index (χ2n) is 2.02. The lowest BCUT2D eigenvalue weighted by Gasteiger charge is -2.04. The monoisotopic (exact) mass is 205 g/mol. The molecular weight excluding hydrogens is 198 g/mol. The number of hydrogen-bond donors (Lipinski definition) is 0. The maximum Gasteiger partial charge on any atom is 0.329 e. The van der Waals surface area contributed by atoms with E-state index in [1.807, 2.05) is 0 Å². The molecule has 1 heterocycles. The first-order valence-corrected chi connectivity index (χ1v) is 4.76. The van der Waals surface area contributed by atoms with Gasteiger partial charge in [-0.25, -0.2) is 0 Å². The van der Waals surface area contributed by atoms with E-state index in [2.05, 4.69) is 4.98 Å². The fraction of sp³-hybridized carbons (Fsp3) is 0.429. The highest BCUT2D eigenvalue weighted by Gasteiger charge is 2.19. The van der Waals surface area contributed by atoms with Gasteiger partial charge < -0.3 is 4.74 Å². The van der Waals surface area contributed by atoms with Crippen molar-refractivity contribution in [1.29, 1.82) is 0 Å². The molecule has 0 saturated carbocycles. The summed E-state index contributed by atoms with van der Waals surface area (Å²) in [5.74, 6) is -0.414. The van der Waals surface area contributed by atoms with Crippen molar-refractivity contribution in [2.75, 3.05) is 6.61 Å². The minimum atomic E-state index is -0.711. The van der Waals surface area contributed by atoms with Gasteiger partial charge in [-0.15, -0.1) is 22.9 Å². The molecule has 0 amide bonds. The minimum Gasteiger partial charge on any atom is -0.465 e. The Hall–Kier alpha value is -0.610. The van der Waals surface area contributed by atoms with Crippen LogP contribution in [0.1, 0.15) is 17.2 Å². The average molecular weight is 206 g/mol. The van der Waals surface area contributed by atoms with Gasteiger partial charge in [-0.1, -0.05) is 0 Å². The molecule has 5 heteroatoms. The van der Waals surface area contributed by atoms with Gasteiger partial charge in [-0.05, 0) is 6.92 Å². The summed E-state index contributed by atoms with van der Waals surface area (Å²) in [5.41, 5.74) is 1.63. The number of esters is 1. The Labute approximate surface area is 79.3 Å². The standard InChI is InChI=1S/C7H8ClNO2S/c1-2-11-7(10)6(8)5-3-9-4-12-5/h3-4,6H,2H2,1H3. The zero-order valence-electron chi connectivity index (χ0n) is 6.49. The van der Waals surface area contributed by atoms with Gasteiger partial charge in [0.25, 0.3) is 0 Å². The van der Waals surface area contributed by atoms with E-state index in [0.29, 0.717) is 6.61 Å². The Morgan fingerprint density at radius 2 is 2.67 bits per heavy atom. The minimum absolute atomic E-state index is 0.348. The van der Waals surface area contributed by atoms with Crippen molar-refractivity contribution >= 4 is 28.9 Å². The number of nitrogens with zero attached hydrogens (tertiary/aromatic N) is 1. The highest BCUT2D eigenvalue weighted by molar-refractivity contribution is 7.10. The van der Waals surface area contributed by atoms with Crippen molar-refractivity contribution < 1.29 is 9.53 Å². The van der Waals surface area contributed by atoms with Gasteiger partial charge in [0.2, 0.25) is 0 Å². The van der Waals surface area contributed by atoms with E-state index in [9.17, 15) is 4.79 Å². The van der Waals surface area contributed by atoms with Crippen LogP contribution in [0.3, 0.4) is 0 Å². The SMILES string of the molecule is CCOC(=O)C(Cl)c1cncs1. The van der Waals surface area contributed by atoms with Crippen LogP contribution in [0.2, 0.25) is 0 Å². The van der Waals surface area contributed by atoms with Gasteiger partial charge in [0.05, 0.1) is 17.0 Å². The first-order chi connectivity index (χ1) is 5.75. The largest absolute Gasteiger partial charge is 0.465 e. The average Bonchev–Trinajstić information content (AvgIpc) is 2.55. The molecule has 0 aliphatic heterocycles. The third kappa shape index (κ3) is 2.19. The smallest absolute Gasteiger partial charge is 0.329 e. The molecule has 1 atom stereocenters. The maximum atomic E-state index is 11.1. The predicted octanol–water partition coefficient (Wildman–Crippen LogP) is 1.99. The Morgan fingerprint density at radius 3 is 3.17 bits per heavy atom. The van der Waals surface area contributed by atoms with Crippen LogP contribution in [0.5, 0.6) is 0 Å². The van der Waals surface area contributed by atoms with Crippen LogP contribution in [0.4, 0.5) is 0 Å². The van der Waals surface area contributed by atoms with Crippen LogP contribution in [-0.4, -0.2) is 17.6 Å². The van der Waals surface area contributed by atoms with Crippen molar-refractivity contribution in [3.8, 4) is 0 Å². The summed E-state index contributed by atoms with van der Waals surface area (Å²) in [6.07, 6.45) is 1.57. The van der Waals surface area contributed by atoms with Crippen molar-refractivity contribution in [2.45, 2.75) is 12.3 Å². The van der Waals surface area contributed by atoms with Crippen molar-refractivity contribution in [3.63, 3.8) is 0 Å². The molecule has 0 aliphatic carbocycles. The number of hydrogen-bond acceptors (Lipinski definition) is 4. The zero-order valence-corrected chi connectivity index (χ0v) is 8.06. The second-order valence-corrected chi connectivity index (χ2v) is 3.37. The van der Waals surface area contributed by atoms with E-state index < -0.39 is 11.3 Å². The molecule has 1 aromatic rings. The molecule has 0 spiro atoms. The van der Waals surface area contributed by atoms with E-state index in [1.165, 1.54) is 11.3 Å². The number of aromatic nitrogens is 1. The van der Waals surface area contributed by atoms with E-state index in [4.69, 9.17) is 16.3 Å². The van der Waals surface area contributed by atoms with Crippen LogP contribution in [-0.2, 0) is 9.53 Å². The summed E-state index contributed by atoms with van der Waals surface area (Å²) in [5, 5.41) is -0.711. The Kier molecular flexibility index (Phi) is 3.49. The summed E-state index contributed by atoms with van der Waals surface area (Å²) >= 11 is 7.11. The molecule has 1 unspecified atom stereocenters. The Morgan fingerprint density at radius 1 is 1.92 bits per heavy atom. The molecule has 0 aliphatic rings. The lowest BCUT2D eigenvalue weighted by Crippen LogP contribution is -2.09. The predicted molar refractivity (Wildman–Crippen MR) is 47.3 cm³/mol. The molecule has 0 N–H and O–H groups in total. The van der Waals surface area contributed by atoms with Gasteiger partial charge in [0.15, 0.2) is 5.38 Å². The molecule has 66 valence electrons. The molecule has 3 nitrogen and oxygen atoms in total. The van der Waals surface area contributed by atoms with Crippen LogP contribution in [0.25, 0.3) is 0 Å². The summed E-state index contributed by atoms with van der Waals surface area (Å²) < 4.78 is 4.74. The topological polar surface area (TPSA) is 39.2 Å². The highest BCUT2D eigenvalue weighted by Crippen LogP contribution is 2.24. The van der Waals surface area contributed by atoms with Gasteiger partial charge in [-0.2, -0.15) is 0 Å². The molecular formula is C7H8ClNO2S. The molecule has 0 bridgehead atoms. The second kappa shape index (κ2) is 4.42.